The number of anilines is 3. The van der Waals surface area contributed by atoms with Gasteiger partial charge in [0.15, 0.2) is 0 Å². The quantitative estimate of drug-likeness (QED) is 0.435. The van der Waals surface area contributed by atoms with Crippen LogP contribution in [0.4, 0.5) is 34.6 Å². The van der Waals surface area contributed by atoms with Gasteiger partial charge in [0.2, 0.25) is 0 Å². The summed E-state index contributed by atoms with van der Waals surface area (Å²) in [5, 5.41) is 2.90. The van der Waals surface area contributed by atoms with Gasteiger partial charge in [0.1, 0.15) is 5.82 Å². The van der Waals surface area contributed by atoms with Crippen molar-refractivity contribution in [3.05, 3.63) is 88.7 Å². The van der Waals surface area contributed by atoms with E-state index < -0.39 is 17.6 Å². The number of carbonyl (C=O) groups excluding carboxylic acids is 1. The molecule has 8 heteroatoms. The van der Waals surface area contributed by atoms with E-state index in [0.29, 0.717) is 42.5 Å². The van der Waals surface area contributed by atoms with Gasteiger partial charge in [0.05, 0.1) is 11.3 Å². The van der Waals surface area contributed by atoms with Crippen LogP contribution in [0.3, 0.4) is 0 Å². The van der Waals surface area contributed by atoms with Gasteiger partial charge in [0, 0.05) is 30.0 Å². The summed E-state index contributed by atoms with van der Waals surface area (Å²) in [4.78, 5) is 14.5. The minimum atomic E-state index is -4.61. The minimum Gasteiger partial charge on any atom is -0.399 e. The molecule has 4 nitrogen and oxygen atoms in total. The molecule has 0 saturated heterocycles. The maximum atomic E-state index is 14.3. The summed E-state index contributed by atoms with van der Waals surface area (Å²) in [5.41, 5.74) is 8.09. The largest absolute Gasteiger partial charge is 0.416 e. The highest BCUT2D eigenvalue weighted by molar-refractivity contribution is 5.95. The van der Waals surface area contributed by atoms with Gasteiger partial charge in [0.25, 0.3) is 5.91 Å². The van der Waals surface area contributed by atoms with E-state index in [1.54, 1.807) is 41.3 Å². The summed E-state index contributed by atoms with van der Waals surface area (Å²) in [6.45, 7) is 0.822. The van der Waals surface area contributed by atoms with Crippen molar-refractivity contribution >= 4 is 23.0 Å². The summed E-state index contributed by atoms with van der Waals surface area (Å²) in [5.74, 6) is -1.12. The third-order valence-corrected chi connectivity index (χ3v) is 5.25. The van der Waals surface area contributed by atoms with Gasteiger partial charge in [-0.1, -0.05) is 18.2 Å². The normalized spacial score (nSPS) is 13.6. The summed E-state index contributed by atoms with van der Waals surface area (Å²) in [6.07, 6.45) is -4.08. The molecule has 3 aromatic rings. The van der Waals surface area contributed by atoms with Crippen LogP contribution >= 0.6 is 0 Å². The first-order chi connectivity index (χ1) is 14.7. The zero-order valence-corrected chi connectivity index (χ0v) is 16.3. The molecule has 0 aliphatic carbocycles. The number of nitrogens with two attached hydrogens (primary N) is 1. The Labute approximate surface area is 176 Å². The Bertz CT molecular complexity index is 1140. The zero-order chi connectivity index (χ0) is 22.2. The lowest BCUT2D eigenvalue weighted by atomic mass is 9.97. The number of fused-ring (bicyclic) bond motifs is 1. The van der Waals surface area contributed by atoms with Gasteiger partial charge in [-0.2, -0.15) is 13.2 Å². The molecule has 0 fully saturated rings. The van der Waals surface area contributed by atoms with E-state index in [2.05, 4.69) is 5.32 Å². The number of alkyl halides is 3. The van der Waals surface area contributed by atoms with E-state index in [1.165, 1.54) is 0 Å². The van der Waals surface area contributed by atoms with Crippen LogP contribution in [-0.4, -0.2) is 17.4 Å². The van der Waals surface area contributed by atoms with Crippen LogP contribution in [0.5, 0.6) is 0 Å². The number of amides is 1. The van der Waals surface area contributed by atoms with Gasteiger partial charge >= 0.3 is 6.18 Å². The van der Waals surface area contributed by atoms with Crippen LogP contribution in [0.15, 0.2) is 60.7 Å². The molecule has 1 heterocycles. The summed E-state index contributed by atoms with van der Waals surface area (Å²) < 4.78 is 52.6. The van der Waals surface area contributed by atoms with Crippen molar-refractivity contribution in [2.75, 3.05) is 17.6 Å². The topological polar surface area (TPSA) is 58.4 Å². The van der Waals surface area contributed by atoms with Crippen LogP contribution in [0.1, 0.15) is 27.0 Å². The fraction of sp³-hybridized carbons (Fsp3) is 0.174. The number of nitrogen functional groups attached to an aromatic ring is 1. The Balaban J connectivity index is 1.55. The van der Waals surface area contributed by atoms with Gasteiger partial charge in [-0.15, -0.1) is 0 Å². The maximum absolute atomic E-state index is 14.3. The van der Waals surface area contributed by atoms with Gasteiger partial charge in [-0.25, -0.2) is 4.39 Å². The smallest absolute Gasteiger partial charge is 0.399 e. The van der Waals surface area contributed by atoms with Crippen molar-refractivity contribution in [1.29, 1.82) is 0 Å². The Morgan fingerprint density at radius 3 is 2.48 bits per heavy atom. The molecular formula is C23H19F4N3O. The monoisotopic (exact) mass is 429 g/mol. The van der Waals surface area contributed by atoms with Crippen molar-refractivity contribution in [1.82, 2.24) is 4.90 Å². The minimum absolute atomic E-state index is 0.0420. The van der Waals surface area contributed by atoms with E-state index in [0.717, 1.165) is 23.3 Å². The lowest BCUT2D eigenvalue weighted by molar-refractivity contribution is -0.137. The highest BCUT2D eigenvalue weighted by atomic mass is 19.4. The van der Waals surface area contributed by atoms with Crippen LogP contribution in [0, 0.1) is 5.82 Å². The molecule has 1 aliphatic heterocycles. The second-order valence-electron chi connectivity index (χ2n) is 7.36. The Morgan fingerprint density at radius 2 is 1.77 bits per heavy atom. The zero-order valence-electron chi connectivity index (χ0n) is 16.3. The number of hydrogen-bond donors (Lipinski definition) is 2. The molecule has 0 bridgehead atoms. The first kappa shape index (κ1) is 20.7. The molecule has 4 rings (SSSR count). The molecule has 0 radical (unpaired) electrons. The van der Waals surface area contributed by atoms with Crippen LogP contribution in [-0.2, 0) is 19.1 Å². The van der Waals surface area contributed by atoms with Crippen molar-refractivity contribution in [2.45, 2.75) is 19.1 Å². The number of rotatable bonds is 3. The number of benzene rings is 3. The maximum Gasteiger partial charge on any atom is 0.416 e. The fourth-order valence-corrected chi connectivity index (χ4v) is 3.69. The Morgan fingerprint density at radius 1 is 1.00 bits per heavy atom. The molecular weight excluding hydrogens is 410 g/mol. The lowest BCUT2D eigenvalue weighted by Gasteiger charge is -2.30. The molecule has 160 valence electrons. The average Bonchev–Trinajstić information content (AvgIpc) is 2.73. The molecule has 0 saturated carbocycles. The van der Waals surface area contributed by atoms with E-state index >= 15 is 0 Å². The van der Waals surface area contributed by atoms with Crippen LogP contribution in [0.2, 0.25) is 0 Å². The summed E-state index contributed by atoms with van der Waals surface area (Å²) in [6, 6.07) is 14.5. The molecule has 0 atom stereocenters. The molecule has 1 aliphatic rings. The fourth-order valence-electron chi connectivity index (χ4n) is 3.69. The van der Waals surface area contributed by atoms with E-state index in [9.17, 15) is 22.4 Å². The predicted molar refractivity (Wildman–Crippen MR) is 110 cm³/mol. The standard InChI is InChI=1S/C23H19F4N3O/c24-19-12-16(23(25,26)27)7-8-21(19)29-20-6-2-4-15-13-30(10-9-18(15)20)22(31)14-3-1-5-17(28)11-14/h1-8,11-12,29H,9-10,13,28H2. The highest BCUT2D eigenvalue weighted by Gasteiger charge is 2.31. The second kappa shape index (κ2) is 7.94. The first-order valence-electron chi connectivity index (χ1n) is 9.62. The average molecular weight is 429 g/mol. The van der Waals surface area contributed by atoms with Crippen molar-refractivity contribution < 1.29 is 22.4 Å². The first-order valence-corrected chi connectivity index (χ1v) is 9.62. The van der Waals surface area contributed by atoms with Gasteiger partial charge in [-0.3, -0.25) is 4.79 Å². The summed E-state index contributed by atoms with van der Waals surface area (Å²) >= 11 is 0. The molecule has 3 N–H and O–H groups in total. The number of carbonyl (C=O) groups is 1. The molecule has 0 unspecified atom stereocenters. The number of hydrogen-bond acceptors (Lipinski definition) is 3. The van der Waals surface area contributed by atoms with E-state index in [1.807, 2.05) is 6.07 Å². The van der Waals surface area contributed by atoms with Gasteiger partial charge < -0.3 is 16.0 Å². The van der Waals surface area contributed by atoms with Crippen molar-refractivity contribution in [2.24, 2.45) is 0 Å². The van der Waals surface area contributed by atoms with Gasteiger partial charge in [-0.05, 0) is 60.0 Å². The van der Waals surface area contributed by atoms with Crippen molar-refractivity contribution in [3.8, 4) is 0 Å². The molecule has 3 aromatic carbocycles. The third kappa shape index (κ3) is 4.33. The number of halogens is 4. The predicted octanol–water partition coefficient (Wildman–Crippen LogP) is 5.37. The van der Waals surface area contributed by atoms with Crippen LogP contribution in [0.25, 0.3) is 0 Å². The number of nitrogens with zero attached hydrogens (tertiary/aromatic N) is 1. The van der Waals surface area contributed by atoms with E-state index in [-0.39, 0.29) is 11.6 Å². The Hall–Kier alpha value is -3.55. The summed E-state index contributed by atoms with van der Waals surface area (Å²) in [7, 11) is 0. The van der Waals surface area contributed by atoms with Crippen molar-refractivity contribution in [3.63, 3.8) is 0 Å². The second-order valence-corrected chi connectivity index (χ2v) is 7.36. The van der Waals surface area contributed by atoms with Crippen LogP contribution < -0.4 is 11.1 Å². The third-order valence-electron chi connectivity index (χ3n) is 5.25. The highest BCUT2D eigenvalue weighted by Crippen LogP contribution is 2.34. The SMILES string of the molecule is Nc1cccc(C(=O)N2CCc3c(cccc3Nc3ccc(C(F)(F)F)cc3F)C2)c1. The Kier molecular flexibility index (Phi) is 5.31. The molecule has 0 spiro atoms. The lowest BCUT2D eigenvalue weighted by Crippen LogP contribution is -2.36. The molecule has 1 amide bonds. The molecule has 0 aromatic heterocycles. The molecule has 31 heavy (non-hydrogen) atoms. The van der Waals surface area contributed by atoms with E-state index in [4.69, 9.17) is 5.73 Å². The number of nitrogens with one attached hydrogen (secondary N) is 1.